The Morgan fingerprint density at radius 3 is 2.52 bits per heavy atom. The molecule has 3 heterocycles. The SMILES string of the molecule is CCOc1ccc(/C=N/n2c3nc4ccccc4nc3c3c(=O)n(CCOC)cnc32)cc1. The second-order valence-corrected chi connectivity index (χ2v) is 7.38. The van der Waals surface area contributed by atoms with Crippen LogP contribution in [-0.4, -0.2) is 50.7 Å². The number of para-hydroxylation sites is 2. The van der Waals surface area contributed by atoms with Crippen molar-refractivity contribution >= 4 is 39.4 Å². The van der Waals surface area contributed by atoms with Crippen LogP contribution in [0.2, 0.25) is 0 Å². The largest absolute Gasteiger partial charge is 0.494 e. The summed E-state index contributed by atoms with van der Waals surface area (Å²) in [5, 5.41) is 5.00. The minimum atomic E-state index is -0.207. The molecule has 5 aromatic rings. The van der Waals surface area contributed by atoms with Gasteiger partial charge in [0.15, 0.2) is 11.3 Å². The topological polar surface area (TPSA) is 96.4 Å². The molecule has 3 aromatic heterocycles. The van der Waals surface area contributed by atoms with Crippen molar-refractivity contribution in [1.82, 2.24) is 24.2 Å². The number of fused-ring (bicyclic) bond motifs is 4. The summed E-state index contributed by atoms with van der Waals surface area (Å²) in [5.41, 5.74) is 3.42. The second-order valence-electron chi connectivity index (χ2n) is 7.38. The molecule has 33 heavy (non-hydrogen) atoms. The fourth-order valence-electron chi connectivity index (χ4n) is 3.65. The van der Waals surface area contributed by atoms with Gasteiger partial charge in [0, 0.05) is 7.11 Å². The third-order valence-corrected chi connectivity index (χ3v) is 5.26. The molecule has 0 atom stereocenters. The number of aromatic nitrogens is 5. The van der Waals surface area contributed by atoms with Gasteiger partial charge >= 0.3 is 0 Å². The highest BCUT2D eigenvalue weighted by molar-refractivity contribution is 6.04. The van der Waals surface area contributed by atoms with Gasteiger partial charge in [-0.05, 0) is 48.9 Å². The maximum absolute atomic E-state index is 13.3. The Balaban J connectivity index is 1.71. The van der Waals surface area contributed by atoms with Crippen LogP contribution in [-0.2, 0) is 11.3 Å². The molecule has 0 fully saturated rings. The number of hydrogen-bond acceptors (Lipinski definition) is 7. The Hall–Kier alpha value is -4.11. The molecule has 2 aromatic carbocycles. The van der Waals surface area contributed by atoms with E-state index in [4.69, 9.17) is 19.4 Å². The molecule has 0 N–H and O–H groups in total. The lowest BCUT2D eigenvalue weighted by molar-refractivity contribution is 0.186. The highest BCUT2D eigenvalue weighted by Gasteiger charge is 2.19. The average molecular weight is 442 g/mol. The quantitative estimate of drug-likeness (QED) is 0.359. The zero-order valence-electron chi connectivity index (χ0n) is 18.3. The van der Waals surface area contributed by atoms with Crippen molar-refractivity contribution in [2.24, 2.45) is 5.10 Å². The van der Waals surface area contributed by atoms with Crippen molar-refractivity contribution < 1.29 is 9.47 Å². The number of benzene rings is 2. The fraction of sp³-hybridized carbons (Fsp3) is 0.208. The summed E-state index contributed by atoms with van der Waals surface area (Å²) in [5.74, 6) is 0.794. The van der Waals surface area contributed by atoms with Crippen molar-refractivity contribution in [3.05, 3.63) is 70.8 Å². The van der Waals surface area contributed by atoms with E-state index in [-0.39, 0.29) is 5.56 Å². The van der Waals surface area contributed by atoms with Crippen LogP contribution < -0.4 is 10.3 Å². The van der Waals surface area contributed by atoms with Crippen LogP contribution in [0.25, 0.3) is 33.2 Å². The summed E-state index contributed by atoms with van der Waals surface area (Å²) >= 11 is 0. The summed E-state index contributed by atoms with van der Waals surface area (Å²) in [6.07, 6.45) is 3.20. The molecule has 0 aliphatic heterocycles. The zero-order chi connectivity index (χ0) is 22.8. The molecule has 9 nitrogen and oxygen atoms in total. The van der Waals surface area contributed by atoms with Crippen molar-refractivity contribution in [3.63, 3.8) is 0 Å². The van der Waals surface area contributed by atoms with E-state index in [1.54, 1.807) is 18.0 Å². The molecule has 166 valence electrons. The van der Waals surface area contributed by atoms with Gasteiger partial charge in [-0.3, -0.25) is 9.36 Å². The molecule has 5 rings (SSSR count). The second kappa shape index (κ2) is 8.79. The monoisotopic (exact) mass is 442 g/mol. The van der Waals surface area contributed by atoms with E-state index < -0.39 is 0 Å². The molecular weight excluding hydrogens is 420 g/mol. The Bertz CT molecular complexity index is 1540. The predicted octanol–water partition coefficient (Wildman–Crippen LogP) is 3.22. The van der Waals surface area contributed by atoms with Crippen LogP contribution in [0.4, 0.5) is 0 Å². The zero-order valence-corrected chi connectivity index (χ0v) is 18.3. The first kappa shape index (κ1) is 20.8. The third kappa shape index (κ3) is 3.83. The Morgan fingerprint density at radius 1 is 1.03 bits per heavy atom. The van der Waals surface area contributed by atoms with Crippen molar-refractivity contribution in [2.75, 3.05) is 20.3 Å². The number of rotatable bonds is 7. The Kier molecular flexibility index (Phi) is 5.54. The average Bonchev–Trinajstić information content (AvgIpc) is 3.15. The van der Waals surface area contributed by atoms with Crippen LogP contribution in [0.3, 0.4) is 0 Å². The van der Waals surface area contributed by atoms with E-state index >= 15 is 0 Å². The molecule has 0 saturated carbocycles. The lowest BCUT2D eigenvalue weighted by atomic mass is 10.2. The maximum Gasteiger partial charge on any atom is 0.265 e. The van der Waals surface area contributed by atoms with E-state index in [0.29, 0.717) is 53.0 Å². The van der Waals surface area contributed by atoms with E-state index in [1.807, 2.05) is 55.5 Å². The van der Waals surface area contributed by atoms with Gasteiger partial charge in [0.1, 0.15) is 23.0 Å². The van der Waals surface area contributed by atoms with Gasteiger partial charge in [0.25, 0.3) is 5.56 Å². The molecule has 0 unspecified atom stereocenters. The van der Waals surface area contributed by atoms with E-state index in [9.17, 15) is 4.79 Å². The lowest BCUT2D eigenvalue weighted by Gasteiger charge is -2.04. The molecule has 9 heteroatoms. The molecule has 0 aliphatic rings. The fourth-order valence-corrected chi connectivity index (χ4v) is 3.65. The number of methoxy groups -OCH3 is 1. The van der Waals surface area contributed by atoms with Gasteiger partial charge in [-0.15, -0.1) is 0 Å². The van der Waals surface area contributed by atoms with Crippen molar-refractivity contribution in [1.29, 1.82) is 0 Å². The lowest BCUT2D eigenvalue weighted by Crippen LogP contribution is -2.22. The molecule has 0 saturated heterocycles. The highest BCUT2D eigenvalue weighted by Crippen LogP contribution is 2.25. The van der Waals surface area contributed by atoms with Gasteiger partial charge in [-0.25, -0.2) is 15.0 Å². The summed E-state index contributed by atoms with van der Waals surface area (Å²) in [4.78, 5) is 27.3. The van der Waals surface area contributed by atoms with E-state index in [2.05, 4.69) is 10.1 Å². The van der Waals surface area contributed by atoms with Crippen molar-refractivity contribution in [3.8, 4) is 5.75 Å². The Morgan fingerprint density at radius 2 is 1.79 bits per heavy atom. The first-order valence-electron chi connectivity index (χ1n) is 10.6. The minimum absolute atomic E-state index is 0.207. The molecule has 0 spiro atoms. The predicted molar refractivity (Wildman–Crippen MR) is 127 cm³/mol. The standard InChI is InChI=1S/C24H22N6O3/c1-3-33-17-10-8-16(9-11-17)14-26-30-22-20(24(31)29(15-25-22)12-13-32-2)21-23(30)28-19-7-5-4-6-18(19)27-21/h4-11,14-15H,3,12-13H2,1-2H3/b26-14+. The van der Waals surface area contributed by atoms with Crippen LogP contribution >= 0.6 is 0 Å². The summed E-state index contributed by atoms with van der Waals surface area (Å²) in [6, 6.07) is 15.1. The summed E-state index contributed by atoms with van der Waals surface area (Å²) < 4.78 is 13.7. The van der Waals surface area contributed by atoms with E-state index in [0.717, 1.165) is 11.3 Å². The molecular formula is C24H22N6O3. The van der Waals surface area contributed by atoms with Gasteiger partial charge in [-0.1, -0.05) is 12.1 Å². The van der Waals surface area contributed by atoms with Crippen LogP contribution in [0.15, 0.2) is 64.8 Å². The van der Waals surface area contributed by atoms with Crippen LogP contribution in [0, 0.1) is 0 Å². The number of hydrogen-bond donors (Lipinski definition) is 0. The van der Waals surface area contributed by atoms with Crippen LogP contribution in [0.1, 0.15) is 12.5 Å². The van der Waals surface area contributed by atoms with Gasteiger partial charge in [0.05, 0.1) is 37.0 Å². The minimum Gasteiger partial charge on any atom is -0.494 e. The first-order valence-corrected chi connectivity index (χ1v) is 10.6. The van der Waals surface area contributed by atoms with E-state index in [1.165, 1.54) is 10.9 Å². The van der Waals surface area contributed by atoms with Gasteiger partial charge in [0.2, 0.25) is 0 Å². The summed E-state index contributed by atoms with van der Waals surface area (Å²) in [6.45, 7) is 3.34. The van der Waals surface area contributed by atoms with Gasteiger partial charge in [-0.2, -0.15) is 9.78 Å². The molecule has 0 amide bonds. The van der Waals surface area contributed by atoms with Crippen LogP contribution in [0.5, 0.6) is 5.75 Å². The van der Waals surface area contributed by atoms with Crippen molar-refractivity contribution in [2.45, 2.75) is 13.5 Å². The third-order valence-electron chi connectivity index (χ3n) is 5.26. The normalized spacial score (nSPS) is 11.8. The molecule has 0 aliphatic carbocycles. The number of ether oxygens (including phenoxy) is 2. The highest BCUT2D eigenvalue weighted by atomic mass is 16.5. The molecule has 0 bridgehead atoms. The summed E-state index contributed by atoms with van der Waals surface area (Å²) in [7, 11) is 1.59. The Labute approximate surface area is 188 Å². The van der Waals surface area contributed by atoms with Gasteiger partial charge < -0.3 is 9.47 Å². The maximum atomic E-state index is 13.3. The molecule has 0 radical (unpaired) electrons. The number of nitrogens with zero attached hydrogens (tertiary/aromatic N) is 6. The first-order chi connectivity index (χ1) is 16.2. The smallest absolute Gasteiger partial charge is 0.265 e.